The van der Waals surface area contributed by atoms with Gasteiger partial charge in [0.15, 0.2) is 0 Å². The van der Waals surface area contributed by atoms with E-state index >= 15 is 0 Å². The van der Waals surface area contributed by atoms with E-state index in [-0.39, 0.29) is 18.2 Å². The van der Waals surface area contributed by atoms with Gasteiger partial charge in [-0.3, -0.25) is 9.59 Å². The number of benzene rings is 3. The lowest BCUT2D eigenvalue weighted by Gasteiger charge is -2.30. The molecule has 8 nitrogen and oxygen atoms in total. The number of nitrogens with zero attached hydrogens (tertiary/aromatic N) is 4. The zero-order valence-electron chi connectivity index (χ0n) is 22.1. The maximum absolute atomic E-state index is 13.3. The molecule has 0 saturated heterocycles. The molecule has 3 aromatic carbocycles. The van der Waals surface area contributed by atoms with Gasteiger partial charge in [0.2, 0.25) is 0 Å². The van der Waals surface area contributed by atoms with E-state index in [1.54, 1.807) is 0 Å². The van der Waals surface area contributed by atoms with Crippen LogP contribution in [-0.4, -0.2) is 50.0 Å². The monoisotopic (exact) mass is 524 g/mol. The van der Waals surface area contributed by atoms with Gasteiger partial charge >= 0.3 is 5.97 Å². The highest BCUT2D eigenvalue weighted by molar-refractivity contribution is 5.94. The van der Waals surface area contributed by atoms with Crippen molar-refractivity contribution in [3.63, 3.8) is 0 Å². The molecule has 6 heterocycles. The predicted octanol–water partition coefficient (Wildman–Crippen LogP) is 5.11. The number of carbonyl (C=O) groups is 2. The molecule has 5 aliphatic heterocycles. The van der Waals surface area contributed by atoms with Crippen molar-refractivity contribution in [1.82, 2.24) is 19.9 Å². The summed E-state index contributed by atoms with van der Waals surface area (Å²) in [5.41, 5.74) is 7.51. The molecule has 200 valence electrons. The highest BCUT2D eigenvalue weighted by Crippen LogP contribution is 2.35. The second-order valence-electron chi connectivity index (χ2n) is 10.5. The number of carbonyl (C=O) groups excluding carboxylic acids is 1. The number of carboxylic acids is 1. The van der Waals surface area contributed by atoms with Gasteiger partial charge in [0, 0.05) is 31.1 Å². The first-order valence-corrected chi connectivity index (χ1v) is 13.7. The highest BCUT2D eigenvalue weighted by atomic mass is 16.5. The van der Waals surface area contributed by atoms with Crippen LogP contribution in [-0.2, 0) is 24.3 Å². The van der Waals surface area contributed by atoms with Gasteiger partial charge in [-0.25, -0.2) is 4.68 Å². The Morgan fingerprint density at radius 1 is 1.03 bits per heavy atom. The third kappa shape index (κ3) is 4.99. The third-order valence-electron chi connectivity index (χ3n) is 8.05. The van der Waals surface area contributed by atoms with Gasteiger partial charge in [0.05, 0.1) is 18.5 Å². The topological polar surface area (TPSA) is 97.5 Å². The summed E-state index contributed by atoms with van der Waals surface area (Å²) >= 11 is 0. The second-order valence-corrected chi connectivity index (χ2v) is 10.5. The van der Waals surface area contributed by atoms with Crippen molar-refractivity contribution in [1.29, 1.82) is 0 Å². The summed E-state index contributed by atoms with van der Waals surface area (Å²) in [6.07, 6.45) is 3.59. The lowest BCUT2D eigenvalue weighted by Crippen LogP contribution is -2.36. The largest absolute Gasteiger partial charge is 0.494 e. The van der Waals surface area contributed by atoms with E-state index in [1.807, 2.05) is 59.0 Å². The summed E-state index contributed by atoms with van der Waals surface area (Å²) in [6.45, 7) is 4.51. The normalized spacial score (nSPS) is 17.8. The van der Waals surface area contributed by atoms with Crippen LogP contribution >= 0.6 is 0 Å². The molecule has 39 heavy (non-hydrogen) atoms. The number of hydrogen-bond acceptors (Lipinski definition) is 5. The van der Waals surface area contributed by atoms with Crippen LogP contribution in [0, 0.1) is 6.92 Å². The maximum Gasteiger partial charge on any atom is 0.304 e. The van der Waals surface area contributed by atoms with Crippen molar-refractivity contribution in [2.24, 2.45) is 0 Å². The van der Waals surface area contributed by atoms with Crippen molar-refractivity contribution in [2.45, 2.75) is 58.0 Å². The fraction of sp³-hybridized carbons (Fsp3) is 0.355. The molecule has 1 aromatic heterocycles. The Morgan fingerprint density at radius 2 is 1.87 bits per heavy atom. The molecular weight excluding hydrogens is 492 g/mol. The van der Waals surface area contributed by atoms with E-state index in [0.29, 0.717) is 25.3 Å². The minimum Gasteiger partial charge on any atom is -0.494 e. The van der Waals surface area contributed by atoms with Gasteiger partial charge in [-0.15, -0.1) is 5.10 Å². The van der Waals surface area contributed by atoms with Crippen LogP contribution in [0.25, 0.3) is 11.0 Å². The van der Waals surface area contributed by atoms with Gasteiger partial charge in [0.1, 0.15) is 11.3 Å². The van der Waals surface area contributed by atoms with Gasteiger partial charge in [0.25, 0.3) is 5.91 Å². The van der Waals surface area contributed by atoms with Crippen molar-refractivity contribution in [3.8, 4) is 5.75 Å². The predicted molar refractivity (Wildman–Crippen MR) is 147 cm³/mol. The van der Waals surface area contributed by atoms with Crippen LogP contribution in [0.3, 0.4) is 0 Å². The van der Waals surface area contributed by atoms with Gasteiger partial charge in [-0.2, -0.15) is 0 Å². The number of aromatic nitrogens is 3. The van der Waals surface area contributed by atoms with E-state index < -0.39 is 5.97 Å². The molecule has 9 rings (SSSR count). The second kappa shape index (κ2) is 10.5. The molecule has 1 unspecified atom stereocenters. The SMILES string of the molecule is Cc1c2ccc3c1nnn3CCCCCOc1ccc(cc1)C(=O)N1CCc3ccc(cc3C1)C2CC(=O)O. The maximum atomic E-state index is 13.3. The van der Waals surface area contributed by atoms with Crippen LogP contribution in [0.1, 0.15) is 69.8 Å². The Labute approximate surface area is 227 Å². The number of aliphatic carboxylic acids is 1. The molecule has 0 radical (unpaired) electrons. The zero-order chi connectivity index (χ0) is 26.9. The van der Waals surface area contributed by atoms with E-state index in [9.17, 15) is 14.7 Å². The quantitative estimate of drug-likeness (QED) is 0.392. The number of carboxylic acid groups (broad SMARTS) is 1. The van der Waals surface area contributed by atoms with Crippen LogP contribution in [0.4, 0.5) is 0 Å². The summed E-state index contributed by atoms with van der Waals surface area (Å²) in [5.74, 6) is -0.433. The van der Waals surface area contributed by atoms with Crippen molar-refractivity contribution >= 4 is 22.9 Å². The van der Waals surface area contributed by atoms with Crippen molar-refractivity contribution in [2.75, 3.05) is 13.2 Å². The molecule has 5 aliphatic rings. The third-order valence-corrected chi connectivity index (χ3v) is 8.05. The first-order valence-electron chi connectivity index (χ1n) is 13.7. The van der Waals surface area contributed by atoms with E-state index in [0.717, 1.165) is 71.3 Å². The van der Waals surface area contributed by atoms with E-state index in [1.165, 1.54) is 5.56 Å². The lowest BCUT2D eigenvalue weighted by molar-refractivity contribution is -0.137. The Morgan fingerprint density at radius 3 is 2.69 bits per heavy atom. The highest BCUT2D eigenvalue weighted by Gasteiger charge is 2.26. The van der Waals surface area contributed by atoms with Crippen LogP contribution in [0.5, 0.6) is 5.75 Å². The number of rotatable bonds is 2. The summed E-state index contributed by atoms with van der Waals surface area (Å²) in [7, 11) is 0. The first-order chi connectivity index (χ1) is 19.0. The number of amides is 1. The smallest absolute Gasteiger partial charge is 0.304 e. The molecule has 1 N–H and O–H groups in total. The molecular formula is C31H32N4O4. The summed E-state index contributed by atoms with van der Waals surface area (Å²) in [6, 6.07) is 17.7. The van der Waals surface area contributed by atoms with Gasteiger partial charge < -0.3 is 14.7 Å². The molecule has 0 spiro atoms. The average Bonchev–Trinajstić information content (AvgIpc) is 3.36. The molecule has 8 heteroatoms. The average molecular weight is 525 g/mol. The van der Waals surface area contributed by atoms with E-state index in [2.05, 4.69) is 22.4 Å². The first kappa shape index (κ1) is 25.1. The Balaban J connectivity index is 1.41. The minimum atomic E-state index is -0.855. The van der Waals surface area contributed by atoms with E-state index in [4.69, 9.17) is 4.74 Å². The van der Waals surface area contributed by atoms with Crippen LogP contribution < -0.4 is 4.74 Å². The number of ether oxygens (including phenoxy) is 1. The Kier molecular flexibility index (Phi) is 6.77. The molecule has 1 amide bonds. The summed E-state index contributed by atoms with van der Waals surface area (Å²) < 4.78 is 7.85. The number of aryl methyl sites for hydroxylation is 2. The fourth-order valence-electron chi connectivity index (χ4n) is 5.88. The molecule has 9 bridgehead atoms. The Bertz CT molecular complexity index is 1540. The van der Waals surface area contributed by atoms with Crippen LogP contribution in [0.15, 0.2) is 54.6 Å². The van der Waals surface area contributed by atoms with Crippen molar-refractivity contribution < 1.29 is 19.4 Å². The molecule has 0 saturated carbocycles. The number of hydrogen-bond donors (Lipinski definition) is 1. The minimum absolute atomic E-state index is 0.00814. The lowest BCUT2D eigenvalue weighted by atomic mass is 9.83. The van der Waals surface area contributed by atoms with Gasteiger partial charge in [-0.05, 0) is 90.8 Å². The fourth-order valence-corrected chi connectivity index (χ4v) is 5.88. The van der Waals surface area contributed by atoms with Crippen LogP contribution in [0.2, 0.25) is 0 Å². The Hall–Kier alpha value is -4.20. The molecule has 0 aliphatic carbocycles. The van der Waals surface area contributed by atoms with Gasteiger partial charge in [-0.1, -0.05) is 29.5 Å². The molecule has 1 atom stereocenters. The summed E-state index contributed by atoms with van der Waals surface area (Å²) in [5, 5.41) is 18.7. The zero-order valence-corrected chi connectivity index (χ0v) is 22.1. The molecule has 4 aromatic rings. The molecule has 0 fully saturated rings. The standard InChI is InChI=1S/C31H32N4O4/c1-20-26-11-12-28-30(20)32-33-35(28)14-3-2-4-16-39-25-9-7-22(8-10-25)31(38)34-15-13-21-5-6-23(17-24(21)19-34)27(26)18-29(36)37/h5-12,17,27H,2-4,13-16,18-19H2,1H3,(H,36,37). The van der Waals surface area contributed by atoms with Crippen molar-refractivity contribution in [3.05, 3.63) is 88.0 Å². The summed E-state index contributed by atoms with van der Waals surface area (Å²) in [4.78, 5) is 27.2.